The van der Waals surface area contributed by atoms with E-state index in [1.54, 1.807) is 7.11 Å². The summed E-state index contributed by atoms with van der Waals surface area (Å²) < 4.78 is 12.3. The Morgan fingerprint density at radius 1 is 0.447 bits per heavy atom. The van der Waals surface area contributed by atoms with E-state index in [0.717, 1.165) is 25.0 Å². The van der Waals surface area contributed by atoms with E-state index in [-0.39, 0.29) is 12.8 Å². The van der Waals surface area contributed by atoms with E-state index in [9.17, 15) is 0 Å². The maximum absolute atomic E-state index is 7.01. The van der Waals surface area contributed by atoms with E-state index in [0.29, 0.717) is 6.61 Å². The Balaban J connectivity index is 0.00000351. The zero-order valence-corrected chi connectivity index (χ0v) is 26.5. The Hall–Kier alpha value is -4.76. The molecule has 2 aliphatic carbocycles. The largest absolute Gasteiger partial charge is 0.385 e. The lowest BCUT2D eigenvalue weighted by Crippen LogP contribution is -2.31. The second-order valence-corrected chi connectivity index (χ2v) is 12.7. The number of fused-ring (bicyclic) bond motifs is 6. The standard InChI is InChI=1S/C44H38O2.CH4/c1-43(39-17-7-3-13-35(39)36-14-4-8-18-40(36)43)33-25-21-31(22-26-33)32-23-27-34(28-24-32)44(46-30-12-11-29-45-2)41-19-9-5-15-37(41)38-16-6-10-20-42(38)44;/h3-10,13-28H,11-12,29-30H2,1-2H3;1H4. The van der Waals surface area contributed by atoms with Crippen LogP contribution in [-0.2, 0) is 20.5 Å². The predicted octanol–water partition coefficient (Wildman–Crippen LogP) is 11.0. The Labute approximate surface area is 279 Å². The fraction of sp³-hybridized carbons (Fsp3) is 0.200. The number of rotatable bonds is 9. The first-order valence-electron chi connectivity index (χ1n) is 16.4. The SMILES string of the molecule is C.COCCCCOC1(c2ccc(-c3ccc(C4(C)c5ccccc5-c5ccccc54)cc3)cc2)c2ccccc2-c2ccccc21. The summed E-state index contributed by atoms with van der Waals surface area (Å²) in [5.41, 5.74) is 14.4. The number of benzene rings is 6. The molecule has 6 aromatic carbocycles. The molecule has 2 nitrogen and oxygen atoms in total. The summed E-state index contributed by atoms with van der Waals surface area (Å²) in [7, 11) is 1.76. The van der Waals surface area contributed by atoms with Crippen LogP contribution in [0.15, 0.2) is 146 Å². The first-order chi connectivity index (χ1) is 22.7. The minimum Gasteiger partial charge on any atom is -0.385 e. The van der Waals surface area contributed by atoms with Crippen molar-refractivity contribution in [3.05, 3.63) is 179 Å². The number of unbranched alkanes of at least 4 members (excludes halogenated alkanes) is 1. The molecule has 6 aromatic rings. The zero-order chi connectivity index (χ0) is 31.1. The third-order valence-electron chi connectivity index (χ3n) is 10.3. The Bertz CT molecular complexity index is 1930. The van der Waals surface area contributed by atoms with Crippen molar-refractivity contribution in [1.29, 1.82) is 0 Å². The summed E-state index contributed by atoms with van der Waals surface area (Å²) in [5.74, 6) is 0. The molecular formula is C45H42O2. The van der Waals surface area contributed by atoms with Crippen LogP contribution in [0.3, 0.4) is 0 Å². The first kappa shape index (κ1) is 30.9. The summed E-state index contributed by atoms with van der Waals surface area (Å²) in [6, 6.07) is 53.4. The minimum atomic E-state index is -0.652. The molecule has 2 heteroatoms. The van der Waals surface area contributed by atoms with Crippen LogP contribution in [0.1, 0.15) is 60.6 Å². The fourth-order valence-electron chi connectivity index (χ4n) is 7.98. The lowest BCUT2D eigenvalue weighted by Gasteiger charge is -2.33. The molecule has 0 fully saturated rings. The van der Waals surface area contributed by atoms with Crippen molar-refractivity contribution in [2.24, 2.45) is 0 Å². The summed E-state index contributed by atoms with van der Waals surface area (Å²) in [5, 5.41) is 0. The van der Waals surface area contributed by atoms with E-state index in [1.165, 1.54) is 61.2 Å². The van der Waals surface area contributed by atoms with E-state index >= 15 is 0 Å². The van der Waals surface area contributed by atoms with Crippen LogP contribution < -0.4 is 0 Å². The van der Waals surface area contributed by atoms with Gasteiger partial charge in [0.1, 0.15) is 5.60 Å². The molecule has 0 saturated carbocycles. The molecule has 0 atom stereocenters. The van der Waals surface area contributed by atoms with Gasteiger partial charge in [0, 0.05) is 36.9 Å². The monoisotopic (exact) mass is 614 g/mol. The fourth-order valence-corrected chi connectivity index (χ4v) is 7.98. The van der Waals surface area contributed by atoms with Gasteiger partial charge in [0.25, 0.3) is 0 Å². The van der Waals surface area contributed by atoms with E-state index < -0.39 is 5.60 Å². The van der Waals surface area contributed by atoms with E-state index in [1.807, 2.05) is 0 Å². The lowest BCUT2D eigenvalue weighted by molar-refractivity contribution is 0.0117. The average Bonchev–Trinajstić information content (AvgIpc) is 3.56. The van der Waals surface area contributed by atoms with Gasteiger partial charge in [-0.3, -0.25) is 0 Å². The molecule has 0 heterocycles. The van der Waals surface area contributed by atoms with Crippen molar-refractivity contribution in [2.45, 2.75) is 38.2 Å². The minimum absolute atomic E-state index is 0. The molecule has 47 heavy (non-hydrogen) atoms. The molecule has 0 amide bonds. The van der Waals surface area contributed by atoms with E-state index in [2.05, 4.69) is 153 Å². The van der Waals surface area contributed by atoms with Gasteiger partial charge in [-0.1, -0.05) is 153 Å². The molecule has 0 saturated heterocycles. The van der Waals surface area contributed by atoms with Crippen LogP contribution in [0.4, 0.5) is 0 Å². The quantitative estimate of drug-likeness (QED) is 0.151. The van der Waals surface area contributed by atoms with Crippen LogP contribution in [0.2, 0.25) is 0 Å². The second kappa shape index (κ2) is 12.4. The highest BCUT2D eigenvalue weighted by Gasteiger charge is 2.45. The molecule has 0 bridgehead atoms. The van der Waals surface area contributed by atoms with Gasteiger partial charge in [0.15, 0.2) is 0 Å². The molecule has 0 N–H and O–H groups in total. The van der Waals surface area contributed by atoms with Crippen LogP contribution in [0, 0.1) is 0 Å². The third kappa shape index (κ3) is 4.78. The van der Waals surface area contributed by atoms with Gasteiger partial charge in [-0.2, -0.15) is 0 Å². The van der Waals surface area contributed by atoms with Gasteiger partial charge in [-0.25, -0.2) is 0 Å². The van der Waals surface area contributed by atoms with Crippen molar-refractivity contribution in [3.8, 4) is 33.4 Å². The summed E-state index contributed by atoms with van der Waals surface area (Å²) >= 11 is 0. The van der Waals surface area contributed by atoms with Crippen molar-refractivity contribution in [1.82, 2.24) is 0 Å². The lowest BCUT2D eigenvalue weighted by atomic mass is 9.74. The second-order valence-electron chi connectivity index (χ2n) is 12.7. The maximum atomic E-state index is 7.01. The number of hydrogen-bond donors (Lipinski definition) is 0. The summed E-state index contributed by atoms with van der Waals surface area (Å²) in [4.78, 5) is 0. The number of ether oxygens (including phenoxy) is 2. The van der Waals surface area contributed by atoms with Gasteiger partial charge < -0.3 is 9.47 Å². The van der Waals surface area contributed by atoms with Crippen LogP contribution in [0.25, 0.3) is 33.4 Å². The van der Waals surface area contributed by atoms with Gasteiger partial charge in [-0.05, 0) is 75.4 Å². The number of methoxy groups -OCH3 is 1. The van der Waals surface area contributed by atoms with Gasteiger partial charge >= 0.3 is 0 Å². The number of hydrogen-bond acceptors (Lipinski definition) is 2. The van der Waals surface area contributed by atoms with Crippen molar-refractivity contribution >= 4 is 0 Å². The molecular weight excluding hydrogens is 572 g/mol. The normalized spacial score (nSPS) is 14.4. The zero-order valence-electron chi connectivity index (χ0n) is 26.5. The molecule has 0 spiro atoms. The highest BCUT2D eigenvalue weighted by atomic mass is 16.5. The smallest absolute Gasteiger partial charge is 0.144 e. The Morgan fingerprint density at radius 2 is 0.830 bits per heavy atom. The Kier molecular flexibility index (Phi) is 8.18. The summed E-state index contributed by atoms with van der Waals surface area (Å²) in [6.45, 7) is 3.77. The van der Waals surface area contributed by atoms with Gasteiger partial charge in [0.05, 0.1) is 0 Å². The molecule has 0 aromatic heterocycles. The predicted molar refractivity (Wildman–Crippen MR) is 195 cm³/mol. The maximum Gasteiger partial charge on any atom is 0.144 e. The molecule has 0 radical (unpaired) electrons. The topological polar surface area (TPSA) is 18.5 Å². The molecule has 234 valence electrons. The van der Waals surface area contributed by atoms with Crippen LogP contribution >= 0.6 is 0 Å². The summed E-state index contributed by atoms with van der Waals surface area (Å²) in [6.07, 6.45) is 1.92. The first-order valence-corrected chi connectivity index (χ1v) is 16.4. The van der Waals surface area contributed by atoms with Crippen molar-refractivity contribution in [2.75, 3.05) is 20.3 Å². The van der Waals surface area contributed by atoms with Crippen molar-refractivity contribution < 1.29 is 9.47 Å². The van der Waals surface area contributed by atoms with Crippen LogP contribution in [-0.4, -0.2) is 20.3 Å². The van der Waals surface area contributed by atoms with Crippen molar-refractivity contribution in [3.63, 3.8) is 0 Å². The highest BCUT2D eigenvalue weighted by Crippen LogP contribution is 2.54. The van der Waals surface area contributed by atoms with Gasteiger partial charge in [-0.15, -0.1) is 0 Å². The van der Waals surface area contributed by atoms with Crippen LogP contribution in [0.5, 0.6) is 0 Å². The van der Waals surface area contributed by atoms with E-state index in [4.69, 9.17) is 9.47 Å². The molecule has 0 unspecified atom stereocenters. The molecule has 8 rings (SSSR count). The Morgan fingerprint density at radius 3 is 1.30 bits per heavy atom. The van der Waals surface area contributed by atoms with Gasteiger partial charge in [0.2, 0.25) is 0 Å². The molecule has 2 aliphatic rings. The average molecular weight is 615 g/mol. The third-order valence-corrected chi connectivity index (χ3v) is 10.3. The highest BCUT2D eigenvalue weighted by molar-refractivity contribution is 5.84. The molecule has 0 aliphatic heterocycles.